The van der Waals surface area contributed by atoms with Gasteiger partial charge in [-0.2, -0.15) is 0 Å². The van der Waals surface area contributed by atoms with Gasteiger partial charge >= 0.3 is 0 Å². The van der Waals surface area contributed by atoms with E-state index in [4.69, 9.17) is 9.98 Å². The molecular weight excluding hydrogens is 530 g/mol. The molecule has 0 fully saturated rings. The van der Waals surface area contributed by atoms with Crippen LogP contribution in [-0.4, -0.2) is 37.6 Å². The summed E-state index contributed by atoms with van der Waals surface area (Å²) >= 11 is 0. The van der Waals surface area contributed by atoms with E-state index in [0.717, 1.165) is 67.9 Å². The van der Waals surface area contributed by atoms with Gasteiger partial charge in [-0.1, -0.05) is 19.9 Å². The Morgan fingerprint density at radius 2 is 1.49 bits per heavy atom. The molecule has 7 heteroatoms. The van der Waals surface area contributed by atoms with Crippen LogP contribution in [0.4, 0.5) is 0 Å². The topological polar surface area (TPSA) is 94.4 Å². The van der Waals surface area contributed by atoms with Crippen LogP contribution in [0, 0.1) is 17.8 Å². The minimum atomic E-state index is 0.0340. The van der Waals surface area contributed by atoms with E-state index in [2.05, 4.69) is 93.4 Å². The molecule has 210 valence electrons. The van der Waals surface area contributed by atoms with Crippen molar-refractivity contribution in [2.75, 3.05) is 0 Å². The largest absolute Gasteiger partial charge is 0.357 e. The van der Waals surface area contributed by atoms with Crippen LogP contribution in [0.1, 0.15) is 48.8 Å². The van der Waals surface area contributed by atoms with Gasteiger partial charge in [0, 0.05) is 93.6 Å². The molecule has 0 aromatic carbocycles. The Morgan fingerprint density at radius 1 is 0.767 bits per heavy atom. The predicted octanol–water partition coefficient (Wildman–Crippen LogP) is 5.23. The molecule has 2 N–H and O–H groups in total. The predicted molar refractivity (Wildman–Crippen MR) is 171 cm³/mol. The van der Waals surface area contributed by atoms with Crippen molar-refractivity contribution in [2.24, 2.45) is 32.7 Å². The summed E-state index contributed by atoms with van der Waals surface area (Å²) in [5.41, 5.74) is 10.6. The van der Waals surface area contributed by atoms with Crippen LogP contribution in [0.5, 0.6) is 0 Å². The molecule has 8 bridgehead atoms. The lowest BCUT2D eigenvalue weighted by molar-refractivity contribution is 0.516. The molecule has 7 nitrogen and oxygen atoms in total. The first-order chi connectivity index (χ1) is 21.1. The van der Waals surface area contributed by atoms with Gasteiger partial charge in [0.15, 0.2) is 0 Å². The summed E-state index contributed by atoms with van der Waals surface area (Å²) in [4.78, 5) is 31.3. The first-order valence-electron chi connectivity index (χ1n) is 14.9. The summed E-state index contributed by atoms with van der Waals surface area (Å²) in [7, 11) is 0. The quantitative estimate of drug-likeness (QED) is 0.358. The van der Waals surface area contributed by atoms with Gasteiger partial charge in [-0.15, -0.1) is 0 Å². The summed E-state index contributed by atoms with van der Waals surface area (Å²) < 4.78 is 0. The zero-order valence-electron chi connectivity index (χ0n) is 24.1. The Labute approximate surface area is 249 Å². The number of aliphatic imine (C=N–C) groups is 3. The second kappa shape index (κ2) is 10.3. The summed E-state index contributed by atoms with van der Waals surface area (Å²) in [5, 5.41) is 2.00. The summed E-state index contributed by atoms with van der Waals surface area (Å²) in [6.45, 7) is 4.52. The summed E-state index contributed by atoms with van der Waals surface area (Å²) in [5.74, 6) is 0.729. The number of allylic oxidation sites excluding steroid dienone is 4. The molecule has 4 aliphatic heterocycles. The number of rotatable bonds is 3. The highest BCUT2D eigenvalue weighted by Crippen LogP contribution is 2.41. The molecular formula is C36H31N7. The lowest BCUT2D eigenvalue weighted by atomic mass is 9.81. The fourth-order valence-corrected chi connectivity index (χ4v) is 6.79. The van der Waals surface area contributed by atoms with Crippen molar-refractivity contribution in [3.8, 4) is 0 Å². The number of H-pyrrole nitrogens is 2. The Hall–Kier alpha value is -5.17. The molecule has 43 heavy (non-hydrogen) atoms. The van der Waals surface area contributed by atoms with Crippen LogP contribution in [0.3, 0.4) is 0 Å². The van der Waals surface area contributed by atoms with Gasteiger partial charge in [-0.25, -0.2) is 4.99 Å². The van der Waals surface area contributed by atoms with Crippen molar-refractivity contribution >= 4 is 28.8 Å². The third-order valence-corrected chi connectivity index (χ3v) is 8.89. The molecule has 4 aromatic heterocycles. The number of nitrogens with zero attached hydrogens (tertiary/aromatic N) is 5. The maximum absolute atomic E-state index is 5.43. The van der Waals surface area contributed by atoms with Gasteiger partial charge < -0.3 is 9.97 Å². The van der Waals surface area contributed by atoms with Crippen molar-refractivity contribution in [1.29, 1.82) is 0 Å². The second-order valence-electron chi connectivity index (χ2n) is 11.7. The molecule has 8 rings (SSSR count). The number of aromatic nitrogens is 4. The number of hydrogen-bond donors (Lipinski definition) is 2. The van der Waals surface area contributed by atoms with Crippen LogP contribution in [0.2, 0.25) is 0 Å². The monoisotopic (exact) mass is 561 g/mol. The zero-order chi connectivity index (χ0) is 28.9. The fraction of sp³-hybridized carbons (Fsp3) is 0.194. The molecule has 4 atom stereocenters. The maximum Gasteiger partial charge on any atom is 0.0930 e. The van der Waals surface area contributed by atoms with Crippen molar-refractivity contribution in [1.82, 2.24) is 19.9 Å². The molecule has 0 saturated carbocycles. The standard InChI is InChI=1S/C36H31N7/c1-21-19-32-35(25-13-18-39-20-22(25)2)30-6-5-28(41-30)33(23-9-14-37-15-10-23)26-3-4-27(40-26)34(24-11-16-38-17-12-24)29-7-8-31(42-29)36(21)43-32/h3-18,20-22,25,36,40,42H,19H2,1-2H3. The average Bonchev–Trinajstić information content (AvgIpc) is 3.85. The molecule has 4 aromatic rings. The van der Waals surface area contributed by atoms with E-state index in [0.29, 0.717) is 5.92 Å². The molecule has 0 amide bonds. The normalized spacial score (nSPS) is 24.2. The first-order valence-corrected chi connectivity index (χ1v) is 14.9. The molecule has 0 radical (unpaired) electrons. The lowest BCUT2D eigenvalue weighted by Crippen LogP contribution is -2.22. The van der Waals surface area contributed by atoms with Gasteiger partial charge in [0.1, 0.15) is 0 Å². The van der Waals surface area contributed by atoms with Crippen LogP contribution in [-0.2, 0) is 0 Å². The van der Waals surface area contributed by atoms with Crippen molar-refractivity contribution in [2.45, 2.75) is 26.3 Å². The van der Waals surface area contributed by atoms with Crippen LogP contribution < -0.4 is 10.7 Å². The van der Waals surface area contributed by atoms with Gasteiger partial charge in [0.25, 0.3) is 0 Å². The molecule has 0 aliphatic carbocycles. The molecule has 0 spiro atoms. The molecule has 8 heterocycles. The van der Waals surface area contributed by atoms with E-state index in [1.165, 1.54) is 5.57 Å². The highest BCUT2D eigenvalue weighted by atomic mass is 14.9. The van der Waals surface area contributed by atoms with E-state index in [1.807, 2.05) is 49.3 Å². The van der Waals surface area contributed by atoms with E-state index in [9.17, 15) is 0 Å². The van der Waals surface area contributed by atoms with E-state index in [-0.39, 0.29) is 17.9 Å². The highest BCUT2D eigenvalue weighted by molar-refractivity contribution is 6.30. The van der Waals surface area contributed by atoms with Crippen LogP contribution in [0.15, 0.2) is 124 Å². The lowest BCUT2D eigenvalue weighted by Gasteiger charge is -2.24. The Kier molecular flexibility index (Phi) is 6.10. The molecule has 4 unspecified atom stereocenters. The number of hydrogen-bond acceptors (Lipinski definition) is 5. The van der Waals surface area contributed by atoms with E-state index < -0.39 is 0 Å². The van der Waals surface area contributed by atoms with Crippen molar-refractivity contribution in [3.63, 3.8) is 0 Å². The Balaban J connectivity index is 1.46. The van der Waals surface area contributed by atoms with Gasteiger partial charge in [0.05, 0.1) is 17.5 Å². The maximum atomic E-state index is 5.43. The number of fused-ring (bicyclic) bond motifs is 7. The second-order valence-corrected chi connectivity index (χ2v) is 11.7. The van der Waals surface area contributed by atoms with Gasteiger partial charge in [-0.3, -0.25) is 20.0 Å². The minimum Gasteiger partial charge on any atom is -0.357 e. The SMILES string of the molecule is CC1C=NC=CC1C1=C2C=CC(=N2)C(c2ccncc2)=c2ccc([nH]2)=C(c2ccncc2)c2ccc([nH]2)C2N=C1CC2C. The van der Waals surface area contributed by atoms with Gasteiger partial charge in [0.2, 0.25) is 0 Å². The molecule has 0 saturated heterocycles. The number of pyridine rings is 2. The number of aromatic amines is 2. The number of nitrogens with one attached hydrogen (secondary N) is 2. The van der Waals surface area contributed by atoms with Crippen LogP contribution in [0.25, 0.3) is 11.1 Å². The fourth-order valence-electron chi connectivity index (χ4n) is 6.79. The average molecular weight is 562 g/mol. The first kappa shape index (κ1) is 25.5. The van der Waals surface area contributed by atoms with Gasteiger partial charge in [-0.05, 0) is 84.1 Å². The Bertz CT molecular complexity index is 2030. The highest BCUT2D eigenvalue weighted by Gasteiger charge is 2.35. The Morgan fingerprint density at radius 3 is 2.23 bits per heavy atom. The third kappa shape index (κ3) is 4.39. The van der Waals surface area contributed by atoms with Crippen LogP contribution >= 0.6 is 0 Å². The van der Waals surface area contributed by atoms with E-state index in [1.54, 1.807) is 0 Å². The molecule has 4 aliphatic rings. The van der Waals surface area contributed by atoms with Crippen molar-refractivity contribution in [3.05, 3.63) is 142 Å². The third-order valence-electron chi connectivity index (χ3n) is 8.89. The van der Waals surface area contributed by atoms with Crippen molar-refractivity contribution < 1.29 is 0 Å². The van der Waals surface area contributed by atoms with E-state index >= 15 is 0 Å². The summed E-state index contributed by atoms with van der Waals surface area (Å²) in [6, 6.07) is 16.9. The minimum absolute atomic E-state index is 0.0340. The zero-order valence-corrected chi connectivity index (χ0v) is 24.1. The smallest absolute Gasteiger partial charge is 0.0930 e. The summed E-state index contributed by atoms with van der Waals surface area (Å²) in [6.07, 6.45) is 18.7.